The van der Waals surface area contributed by atoms with Gasteiger partial charge in [-0.15, -0.1) is 0 Å². The van der Waals surface area contributed by atoms with Crippen molar-refractivity contribution in [3.63, 3.8) is 0 Å². The topological polar surface area (TPSA) is 88.6 Å². The number of ether oxygens (including phenoxy) is 2. The van der Waals surface area contributed by atoms with Crippen LogP contribution in [0.15, 0.2) is 30.3 Å². The fraction of sp³-hybridized carbons (Fsp3) is 0.476. The van der Waals surface area contributed by atoms with Crippen LogP contribution in [-0.4, -0.2) is 49.4 Å². The van der Waals surface area contributed by atoms with Gasteiger partial charge in [0.25, 0.3) is 0 Å². The molecule has 1 aromatic heterocycles. The largest absolute Gasteiger partial charge is 0.493 e. The van der Waals surface area contributed by atoms with Crippen LogP contribution in [0.3, 0.4) is 0 Å². The summed E-state index contributed by atoms with van der Waals surface area (Å²) in [6.45, 7) is 1.90. The fourth-order valence-corrected chi connectivity index (χ4v) is 3.45. The number of anilines is 2. The average Bonchev–Trinajstić information content (AvgIpc) is 2.69. The summed E-state index contributed by atoms with van der Waals surface area (Å²) >= 11 is 0. The zero-order valence-corrected chi connectivity index (χ0v) is 17.4. The highest BCUT2D eigenvalue weighted by atomic mass is 16.6. The first-order valence-electron chi connectivity index (χ1n) is 9.85. The molecule has 1 aromatic carbocycles. The highest BCUT2D eigenvalue weighted by Gasteiger charge is 2.24. The van der Waals surface area contributed by atoms with Gasteiger partial charge >= 0.3 is 6.09 Å². The van der Waals surface area contributed by atoms with Crippen molar-refractivity contribution >= 4 is 17.7 Å². The van der Waals surface area contributed by atoms with Gasteiger partial charge in [0, 0.05) is 32.2 Å². The molecule has 2 aromatic rings. The molecule has 1 aliphatic rings. The summed E-state index contributed by atoms with van der Waals surface area (Å²) in [7, 11) is 5.48. The molecule has 0 saturated heterocycles. The molecular formula is C21H29N5O3. The first-order chi connectivity index (χ1) is 13.9. The molecule has 0 spiro atoms. The van der Waals surface area contributed by atoms with Gasteiger partial charge in [0.05, 0.1) is 7.11 Å². The van der Waals surface area contributed by atoms with Crippen molar-refractivity contribution in [3.8, 4) is 11.5 Å². The molecule has 0 bridgehead atoms. The van der Waals surface area contributed by atoms with Gasteiger partial charge in [0.2, 0.25) is 0 Å². The maximum atomic E-state index is 12.2. The molecule has 1 fully saturated rings. The molecule has 0 aliphatic heterocycles. The van der Waals surface area contributed by atoms with E-state index < -0.39 is 6.09 Å². The molecule has 8 heteroatoms. The Morgan fingerprint density at radius 2 is 1.72 bits per heavy atom. The van der Waals surface area contributed by atoms with Crippen LogP contribution in [0.2, 0.25) is 0 Å². The van der Waals surface area contributed by atoms with Gasteiger partial charge in [0.15, 0.2) is 11.5 Å². The number of amides is 1. The minimum Gasteiger partial charge on any atom is -0.493 e. The van der Waals surface area contributed by atoms with E-state index in [1.54, 1.807) is 25.3 Å². The Bertz CT molecular complexity index is 835. The van der Waals surface area contributed by atoms with E-state index in [1.807, 2.05) is 38.1 Å². The Balaban J connectivity index is 1.49. The Morgan fingerprint density at radius 1 is 1.07 bits per heavy atom. The number of carbonyl (C=O) groups is 1. The summed E-state index contributed by atoms with van der Waals surface area (Å²) < 4.78 is 10.6. The van der Waals surface area contributed by atoms with Gasteiger partial charge in [-0.05, 0) is 44.7 Å². The van der Waals surface area contributed by atoms with Crippen LogP contribution in [-0.2, 0) is 0 Å². The fourth-order valence-electron chi connectivity index (χ4n) is 3.45. The van der Waals surface area contributed by atoms with Crippen LogP contribution in [0.1, 0.15) is 31.5 Å². The molecule has 2 N–H and O–H groups in total. The van der Waals surface area contributed by atoms with Crippen LogP contribution in [0.25, 0.3) is 0 Å². The average molecular weight is 399 g/mol. The van der Waals surface area contributed by atoms with Crippen molar-refractivity contribution < 1.29 is 14.3 Å². The number of rotatable bonds is 6. The first-order valence-corrected chi connectivity index (χ1v) is 9.85. The molecule has 1 amide bonds. The number of nitrogens with one attached hydrogen (secondary N) is 2. The zero-order chi connectivity index (χ0) is 20.8. The quantitative estimate of drug-likeness (QED) is 0.770. The van der Waals surface area contributed by atoms with Gasteiger partial charge < -0.3 is 25.0 Å². The van der Waals surface area contributed by atoms with Gasteiger partial charge in [-0.1, -0.05) is 12.1 Å². The first kappa shape index (κ1) is 20.7. The van der Waals surface area contributed by atoms with Crippen LogP contribution in [0, 0.1) is 6.92 Å². The van der Waals surface area contributed by atoms with Gasteiger partial charge in [-0.2, -0.15) is 0 Å². The summed E-state index contributed by atoms with van der Waals surface area (Å²) in [5.74, 6) is 3.42. The second kappa shape index (κ2) is 9.45. The van der Waals surface area contributed by atoms with E-state index >= 15 is 0 Å². The van der Waals surface area contributed by atoms with E-state index in [-0.39, 0.29) is 6.04 Å². The van der Waals surface area contributed by atoms with E-state index in [4.69, 9.17) is 9.47 Å². The highest BCUT2D eigenvalue weighted by molar-refractivity contribution is 5.71. The highest BCUT2D eigenvalue weighted by Crippen LogP contribution is 2.27. The molecular weight excluding hydrogens is 370 g/mol. The van der Waals surface area contributed by atoms with Crippen LogP contribution >= 0.6 is 0 Å². The third-order valence-corrected chi connectivity index (χ3v) is 4.96. The number of aryl methyl sites for hydroxylation is 1. The normalized spacial score (nSPS) is 18.6. The Hall–Kier alpha value is -3.03. The number of nitrogens with zero attached hydrogens (tertiary/aromatic N) is 3. The van der Waals surface area contributed by atoms with Crippen LogP contribution in [0.4, 0.5) is 16.4 Å². The lowest BCUT2D eigenvalue weighted by atomic mass is 9.91. The summed E-state index contributed by atoms with van der Waals surface area (Å²) in [5, 5.41) is 6.47. The van der Waals surface area contributed by atoms with Crippen LogP contribution < -0.4 is 25.0 Å². The lowest BCUT2D eigenvalue weighted by Crippen LogP contribution is -2.41. The number of methoxy groups -OCH3 is 1. The maximum Gasteiger partial charge on any atom is 0.412 e. The molecule has 0 radical (unpaired) electrons. The molecule has 29 heavy (non-hydrogen) atoms. The smallest absolute Gasteiger partial charge is 0.412 e. The Labute approximate surface area is 171 Å². The molecule has 156 valence electrons. The number of hydrogen-bond acceptors (Lipinski definition) is 7. The summed E-state index contributed by atoms with van der Waals surface area (Å²) in [5.41, 5.74) is 0. The third kappa shape index (κ3) is 5.73. The van der Waals surface area contributed by atoms with Gasteiger partial charge in [0.1, 0.15) is 17.5 Å². The molecule has 0 unspecified atom stereocenters. The minimum atomic E-state index is -0.451. The summed E-state index contributed by atoms with van der Waals surface area (Å²) in [6.07, 6.45) is 3.19. The van der Waals surface area contributed by atoms with Crippen molar-refractivity contribution in [1.29, 1.82) is 0 Å². The second-order valence-electron chi connectivity index (χ2n) is 7.43. The Kier molecular flexibility index (Phi) is 6.74. The Morgan fingerprint density at radius 3 is 2.38 bits per heavy atom. The number of carbonyl (C=O) groups excluding carboxylic acids is 1. The van der Waals surface area contributed by atoms with Gasteiger partial charge in [-0.3, -0.25) is 0 Å². The van der Waals surface area contributed by atoms with Crippen molar-refractivity contribution in [2.75, 3.05) is 31.4 Å². The summed E-state index contributed by atoms with van der Waals surface area (Å²) in [6, 6.07) is 9.49. The maximum absolute atomic E-state index is 12.2. The monoisotopic (exact) mass is 399 g/mol. The number of para-hydroxylation sites is 2. The van der Waals surface area contributed by atoms with Crippen molar-refractivity contribution in [2.45, 2.75) is 44.7 Å². The van der Waals surface area contributed by atoms with E-state index in [9.17, 15) is 4.79 Å². The lowest BCUT2D eigenvalue weighted by molar-refractivity contribution is 0.189. The van der Waals surface area contributed by atoms with E-state index in [2.05, 4.69) is 20.6 Å². The van der Waals surface area contributed by atoms with Crippen LogP contribution in [0.5, 0.6) is 11.5 Å². The lowest BCUT2D eigenvalue weighted by Gasteiger charge is -2.30. The standard InChI is InChI=1S/C21H29N5O3/c1-14-22-19(13-20(23-14)26(2)3)24-15-9-11-16(12-10-15)25-21(27)29-18-8-6-5-7-17(18)28-4/h5-8,13,15-16H,9-12H2,1-4H3,(H,25,27)(H,22,23,24). The molecule has 0 atom stereocenters. The van der Waals surface area contributed by atoms with Crippen molar-refractivity contribution in [1.82, 2.24) is 15.3 Å². The molecule has 1 aliphatic carbocycles. The number of aromatic nitrogens is 2. The number of benzene rings is 1. The SMILES string of the molecule is COc1ccccc1OC(=O)NC1CCC(Nc2cc(N(C)C)nc(C)n2)CC1. The minimum absolute atomic E-state index is 0.0970. The van der Waals surface area contributed by atoms with E-state index in [0.29, 0.717) is 17.5 Å². The summed E-state index contributed by atoms with van der Waals surface area (Å²) in [4.78, 5) is 23.1. The number of hydrogen-bond donors (Lipinski definition) is 2. The van der Waals surface area contributed by atoms with E-state index in [1.165, 1.54) is 0 Å². The zero-order valence-electron chi connectivity index (χ0n) is 17.4. The van der Waals surface area contributed by atoms with Crippen molar-refractivity contribution in [2.24, 2.45) is 0 Å². The molecule has 1 heterocycles. The second-order valence-corrected chi connectivity index (χ2v) is 7.43. The van der Waals surface area contributed by atoms with Crippen molar-refractivity contribution in [3.05, 3.63) is 36.2 Å². The third-order valence-electron chi connectivity index (χ3n) is 4.96. The molecule has 3 rings (SSSR count). The predicted molar refractivity (Wildman–Crippen MR) is 113 cm³/mol. The van der Waals surface area contributed by atoms with E-state index in [0.717, 1.165) is 43.1 Å². The molecule has 8 nitrogen and oxygen atoms in total. The van der Waals surface area contributed by atoms with Gasteiger partial charge in [-0.25, -0.2) is 14.8 Å². The molecule has 1 saturated carbocycles. The predicted octanol–water partition coefficient (Wildman–Crippen LogP) is 3.37.